The van der Waals surface area contributed by atoms with E-state index in [0.29, 0.717) is 18.6 Å². The first-order valence-electron chi connectivity index (χ1n) is 15.7. The van der Waals surface area contributed by atoms with Crippen LogP contribution in [0.3, 0.4) is 0 Å². The normalized spacial score (nSPS) is 26.1. The van der Waals surface area contributed by atoms with E-state index in [-0.39, 0.29) is 29.1 Å². The maximum Gasteiger partial charge on any atom is 0.134 e. The van der Waals surface area contributed by atoms with Crippen molar-refractivity contribution in [3.63, 3.8) is 0 Å². The van der Waals surface area contributed by atoms with E-state index in [2.05, 4.69) is 121 Å². The van der Waals surface area contributed by atoms with Crippen molar-refractivity contribution >= 4 is 48.9 Å². The predicted octanol–water partition coefficient (Wildman–Crippen LogP) is 10.1. The second kappa shape index (κ2) is 7.60. The van der Waals surface area contributed by atoms with Gasteiger partial charge >= 0.3 is 0 Å². The van der Waals surface area contributed by atoms with Crippen molar-refractivity contribution < 1.29 is 4.79 Å². The molecule has 4 aliphatic carbocycles. The van der Waals surface area contributed by atoms with E-state index in [1.165, 1.54) is 76.5 Å². The third-order valence-corrected chi connectivity index (χ3v) is 12.0. The monoisotopic (exact) mass is 548 g/mol. The second-order valence-corrected chi connectivity index (χ2v) is 13.4. The average molecular weight is 549 g/mol. The summed E-state index contributed by atoms with van der Waals surface area (Å²) in [5.74, 6) is 1.24. The molecule has 1 saturated carbocycles. The number of benzene rings is 7. The van der Waals surface area contributed by atoms with Crippen LogP contribution in [0.2, 0.25) is 0 Å². The molecule has 4 aliphatic rings. The van der Waals surface area contributed by atoms with Crippen LogP contribution in [0.1, 0.15) is 69.9 Å². The molecule has 1 fully saturated rings. The van der Waals surface area contributed by atoms with Crippen LogP contribution in [0.5, 0.6) is 0 Å². The molecule has 0 saturated heterocycles. The van der Waals surface area contributed by atoms with Gasteiger partial charge < -0.3 is 0 Å². The van der Waals surface area contributed by atoms with Crippen molar-refractivity contribution in [1.82, 2.24) is 0 Å². The first-order chi connectivity index (χ1) is 21.3. The fourth-order valence-corrected chi connectivity index (χ4v) is 10.9. The molecule has 11 rings (SSSR count). The van der Waals surface area contributed by atoms with Crippen molar-refractivity contribution in [3.8, 4) is 0 Å². The molecule has 0 N–H and O–H groups in total. The van der Waals surface area contributed by atoms with Gasteiger partial charge in [0, 0.05) is 30.1 Å². The lowest BCUT2D eigenvalue weighted by atomic mass is 9.48. The highest BCUT2D eigenvalue weighted by atomic mass is 16.1. The standard InChI is InChI=1S/C42H28O/c43-24-21-35-34-20-23-10-1-2-11-25(23)28-18-9-19-33(37(28)34)40-31-16-7-8-17-32(31)41-39-30-15-6-4-13-27(30)26-12-3-5-14-29(26)38(39)36(22-24)42(35,40)41/h1-20,35-36,40-41H,21-22H2/t35-,36+,40+,41+,42?/m1/s1. The zero-order valence-corrected chi connectivity index (χ0v) is 23.7. The van der Waals surface area contributed by atoms with E-state index in [9.17, 15) is 4.79 Å². The minimum absolute atomic E-state index is 0.115. The first-order valence-corrected chi connectivity index (χ1v) is 15.7. The molecule has 43 heavy (non-hydrogen) atoms. The van der Waals surface area contributed by atoms with Gasteiger partial charge in [-0.1, -0.05) is 121 Å². The summed E-state index contributed by atoms with van der Waals surface area (Å²) in [5, 5.41) is 10.7. The average Bonchev–Trinajstić information content (AvgIpc) is 3.52. The van der Waals surface area contributed by atoms with Gasteiger partial charge in [0.1, 0.15) is 5.78 Å². The van der Waals surface area contributed by atoms with Crippen molar-refractivity contribution in [1.29, 1.82) is 0 Å². The molecule has 202 valence electrons. The SMILES string of the molecule is O=C1C[C@@H]2c3cc4ccccc4c4cccc(c34)[C@@H]3c4ccccc4[C@H]4c5c(c6ccccc6c6ccccc56)[C@H](C1)C432. The summed E-state index contributed by atoms with van der Waals surface area (Å²) in [6.07, 6.45) is 1.26. The number of carbonyl (C=O) groups excluding carboxylic acids is 1. The minimum atomic E-state index is -0.115. The van der Waals surface area contributed by atoms with Crippen LogP contribution < -0.4 is 0 Å². The quantitative estimate of drug-likeness (QED) is 0.172. The number of hydrogen-bond donors (Lipinski definition) is 0. The molecule has 1 heteroatoms. The summed E-state index contributed by atoms with van der Waals surface area (Å²) in [4.78, 5) is 14.1. The Balaban J connectivity index is 1.37. The fraction of sp³-hybridized carbons (Fsp3) is 0.167. The van der Waals surface area contributed by atoms with Crippen LogP contribution in [0, 0.1) is 5.41 Å². The van der Waals surface area contributed by atoms with Gasteiger partial charge in [-0.25, -0.2) is 0 Å². The molecule has 0 heterocycles. The number of Topliss-reactive ketones (excluding diaryl/α,β-unsaturated/α-hetero) is 1. The molecular weight excluding hydrogens is 520 g/mol. The number of fused-ring (bicyclic) bond motifs is 15. The molecule has 7 aromatic carbocycles. The molecule has 0 bridgehead atoms. The van der Waals surface area contributed by atoms with E-state index < -0.39 is 0 Å². The molecule has 7 aromatic rings. The van der Waals surface area contributed by atoms with Gasteiger partial charge in [-0.2, -0.15) is 0 Å². The fourth-order valence-electron chi connectivity index (χ4n) is 10.9. The molecule has 1 spiro atoms. The van der Waals surface area contributed by atoms with E-state index in [1.807, 2.05) is 0 Å². The summed E-state index contributed by atoms with van der Waals surface area (Å²) in [7, 11) is 0. The Bertz CT molecular complexity index is 2410. The van der Waals surface area contributed by atoms with Crippen LogP contribution in [0.25, 0.3) is 43.1 Å². The Morgan fingerprint density at radius 2 is 1.02 bits per heavy atom. The van der Waals surface area contributed by atoms with Crippen LogP contribution in [0.15, 0.2) is 121 Å². The lowest BCUT2D eigenvalue weighted by molar-refractivity contribution is -0.124. The number of rotatable bonds is 0. The third-order valence-electron chi connectivity index (χ3n) is 12.0. The smallest absolute Gasteiger partial charge is 0.134 e. The lowest BCUT2D eigenvalue weighted by Gasteiger charge is -2.54. The van der Waals surface area contributed by atoms with Gasteiger partial charge in [0.25, 0.3) is 0 Å². The zero-order chi connectivity index (χ0) is 28.0. The van der Waals surface area contributed by atoms with Gasteiger partial charge in [-0.3, -0.25) is 4.79 Å². The highest BCUT2D eigenvalue weighted by Crippen LogP contribution is 2.80. The second-order valence-electron chi connectivity index (χ2n) is 13.4. The molecule has 5 atom stereocenters. The van der Waals surface area contributed by atoms with E-state index in [1.54, 1.807) is 0 Å². The van der Waals surface area contributed by atoms with Crippen LogP contribution in [0.4, 0.5) is 0 Å². The molecule has 0 radical (unpaired) electrons. The number of hydrogen-bond acceptors (Lipinski definition) is 1. The third kappa shape index (κ3) is 2.46. The minimum Gasteiger partial charge on any atom is -0.300 e. The largest absolute Gasteiger partial charge is 0.300 e. The van der Waals surface area contributed by atoms with Gasteiger partial charge in [-0.15, -0.1) is 0 Å². The molecular formula is C42H28O. The maximum atomic E-state index is 14.1. The molecule has 0 amide bonds. The Morgan fingerprint density at radius 3 is 1.79 bits per heavy atom. The summed E-state index contributed by atoms with van der Waals surface area (Å²) in [5.41, 5.74) is 8.65. The summed E-state index contributed by atoms with van der Waals surface area (Å²) >= 11 is 0. The first kappa shape index (κ1) is 22.8. The summed E-state index contributed by atoms with van der Waals surface area (Å²) in [6, 6.07) is 45.7. The van der Waals surface area contributed by atoms with Crippen LogP contribution >= 0.6 is 0 Å². The highest BCUT2D eigenvalue weighted by Gasteiger charge is 2.70. The van der Waals surface area contributed by atoms with Gasteiger partial charge in [-0.05, 0) is 88.3 Å². The Labute approximate surface area is 249 Å². The van der Waals surface area contributed by atoms with Crippen molar-refractivity contribution in [2.45, 2.75) is 36.5 Å². The topological polar surface area (TPSA) is 17.1 Å². The van der Waals surface area contributed by atoms with Crippen molar-refractivity contribution in [2.24, 2.45) is 5.41 Å². The lowest BCUT2D eigenvalue weighted by Crippen LogP contribution is -2.46. The Morgan fingerprint density at radius 1 is 0.465 bits per heavy atom. The molecule has 1 nitrogen and oxygen atoms in total. The Kier molecular flexibility index (Phi) is 4.03. The highest BCUT2D eigenvalue weighted by molar-refractivity contribution is 6.14. The van der Waals surface area contributed by atoms with Crippen molar-refractivity contribution in [3.05, 3.63) is 155 Å². The number of carbonyl (C=O) groups is 1. The van der Waals surface area contributed by atoms with E-state index in [0.717, 1.165) is 0 Å². The van der Waals surface area contributed by atoms with Crippen LogP contribution in [-0.4, -0.2) is 5.78 Å². The predicted molar refractivity (Wildman–Crippen MR) is 175 cm³/mol. The summed E-state index contributed by atoms with van der Waals surface area (Å²) < 4.78 is 0. The number of ketones is 1. The van der Waals surface area contributed by atoms with Gasteiger partial charge in [0.15, 0.2) is 0 Å². The molecule has 1 unspecified atom stereocenters. The van der Waals surface area contributed by atoms with E-state index >= 15 is 0 Å². The molecule has 0 aromatic heterocycles. The maximum absolute atomic E-state index is 14.1. The van der Waals surface area contributed by atoms with E-state index in [4.69, 9.17) is 0 Å². The van der Waals surface area contributed by atoms with Gasteiger partial charge in [0.05, 0.1) is 0 Å². The summed E-state index contributed by atoms with van der Waals surface area (Å²) in [6.45, 7) is 0. The van der Waals surface area contributed by atoms with Crippen molar-refractivity contribution in [2.75, 3.05) is 0 Å². The Hall–Kier alpha value is -4.75. The molecule has 0 aliphatic heterocycles. The van der Waals surface area contributed by atoms with Gasteiger partial charge in [0.2, 0.25) is 0 Å². The van der Waals surface area contributed by atoms with Crippen LogP contribution in [-0.2, 0) is 4.79 Å². The zero-order valence-electron chi connectivity index (χ0n) is 23.7.